The van der Waals surface area contributed by atoms with Crippen molar-refractivity contribution >= 4 is 11.6 Å². The fourth-order valence-corrected chi connectivity index (χ4v) is 8.27. The molecule has 0 amide bonds. The summed E-state index contributed by atoms with van der Waals surface area (Å²) in [6.45, 7) is 0. The minimum atomic E-state index is 0.256. The first-order valence-electron chi connectivity index (χ1n) is 9.01. The molecule has 4 fully saturated rings. The topological polar surface area (TPSA) is 12.9 Å². The molecular weight excluding hydrogens is 302 g/mol. The number of halogens is 1. The number of rotatable bonds is 0. The van der Waals surface area contributed by atoms with Gasteiger partial charge in [0.25, 0.3) is 0 Å². The second kappa shape index (κ2) is 3.37. The quantitative estimate of drug-likeness (QED) is 0.661. The highest BCUT2D eigenvalue weighted by Gasteiger charge is 2.82. The van der Waals surface area contributed by atoms with Gasteiger partial charge in [-0.15, -0.1) is 0 Å². The summed E-state index contributed by atoms with van der Waals surface area (Å²) in [5, 5.41) is 0.894. The Kier molecular flexibility index (Phi) is 1.77. The van der Waals surface area contributed by atoms with Gasteiger partial charge in [0.15, 0.2) is 0 Å². The van der Waals surface area contributed by atoms with E-state index in [4.69, 9.17) is 11.6 Å². The van der Waals surface area contributed by atoms with E-state index >= 15 is 0 Å². The van der Waals surface area contributed by atoms with Gasteiger partial charge in [0, 0.05) is 28.4 Å². The summed E-state index contributed by atoms with van der Waals surface area (Å²) in [6, 6.07) is 8.90. The molecule has 0 aliphatic heterocycles. The molecule has 1 heterocycles. The SMILES string of the molecule is Clc1ccc2c(c1)C1(c3ccncc3-2)C2CC3CC4CC1C34C2. The minimum absolute atomic E-state index is 0.256. The highest BCUT2D eigenvalue weighted by atomic mass is 35.5. The number of aromatic nitrogens is 1. The highest BCUT2D eigenvalue weighted by molar-refractivity contribution is 6.30. The first kappa shape index (κ1) is 12.1. The Bertz CT molecular complexity index is 904. The Morgan fingerprint density at radius 2 is 1.83 bits per heavy atom. The van der Waals surface area contributed by atoms with E-state index in [-0.39, 0.29) is 5.41 Å². The number of fused-ring (bicyclic) bond motifs is 8. The van der Waals surface area contributed by atoms with Crippen LogP contribution in [0.5, 0.6) is 0 Å². The molecule has 6 atom stereocenters. The largest absolute Gasteiger partial charge is 0.264 e. The monoisotopic (exact) mass is 319 g/mol. The Morgan fingerprint density at radius 1 is 0.957 bits per heavy atom. The number of hydrogen-bond acceptors (Lipinski definition) is 1. The van der Waals surface area contributed by atoms with Crippen LogP contribution in [0.1, 0.15) is 36.8 Å². The molecular formula is C21H18ClN. The molecule has 2 aromatic rings. The molecule has 2 spiro atoms. The first-order valence-corrected chi connectivity index (χ1v) is 9.39. The van der Waals surface area contributed by atoms with Gasteiger partial charge in [0.05, 0.1) is 0 Å². The van der Waals surface area contributed by atoms with Crippen LogP contribution in [0.15, 0.2) is 36.7 Å². The maximum Gasteiger partial charge on any atom is 0.0409 e. The van der Waals surface area contributed by atoms with Gasteiger partial charge >= 0.3 is 0 Å². The maximum atomic E-state index is 6.45. The van der Waals surface area contributed by atoms with Gasteiger partial charge in [0.1, 0.15) is 0 Å². The number of hydrogen-bond donors (Lipinski definition) is 0. The molecule has 7 rings (SSSR count). The summed E-state index contributed by atoms with van der Waals surface area (Å²) >= 11 is 6.45. The van der Waals surface area contributed by atoms with E-state index < -0.39 is 0 Å². The lowest BCUT2D eigenvalue weighted by molar-refractivity contribution is -0.193. The van der Waals surface area contributed by atoms with Gasteiger partial charge in [-0.3, -0.25) is 4.98 Å². The zero-order valence-electron chi connectivity index (χ0n) is 12.9. The van der Waals surface area contributed by atoms with Crippen LogP contribution < -0.4 is 0 Å². The Morgan fingerprint density at radius 3 is 2.70 bits per heavy atom. The van der Waals surface area contributed by atoms with Crippen molar-refractivity contribution in [1.29, 1.82) is 0 Å². The molecule has 5 aliphatic rings. The maximum absolute atomic E-state index is 6.45. The third kappa shape index (κ3) is 0.980. The Labute approximate surface area is 141 Å². The van der Waals surface area contributed by atoms with Gasteiger partial charge in [-0.05, 0) is 89.7 Å². The molecule has 23 heavy (non-hydrogen) atoms. The van der Waals surface area contributed by atoms with Crippen LogP contribution in [0.2, 0.25) is 5.02 Å². The summed E-state index contributed by atoms with van der Waals surface area (Å²) < 4.78 is 0. The van der Waals surface area contributed by atoms with Crippen molar-refractivity contribution in [2.24, 2.45) is 29.1 Å². The standard InChI is InChI=1S/C21H18ClN/c22-14-1-2-15-16-10-23-4-3-17(16)21(18(15)8-14)13-6-11-5-12-7-19(21)20(11,12)9-13/h1-4,8,10-13,19H,5-7,9H2. The summed E-state index contributed by atoms with van der Waals surface area (Å²) in [4.78, 5) is 4.45. The van der Waals surface area contributed by atoms with E-state index in [1.807, 2.05) is 6.20 Å². The van der Waals surface area contributed by atoms with E-state index in [1.165, 1.54) is 42.4 Å². The van der Waals surface area contributed by atoms with Crippen molar-refractivity contribution in [2.75, 3.05) is 0 Å². The van der Waals surface area contributed by atoms with E-state index in [2.05, 4.69) is 35.4 Å². The van der Waals surface area contributed by atoms with E-state index in [0.717, 1.165) is 28.7 Å². The fourth-order valence-electron chi connectivity index (χ4n) is 8.09. The summed E-state index contributed by atoms with van der Waals surface area (Å²) in [7, 11) is 0. The van der Waals surface area contributed by atoms with E-state index in [9.17, 15) is 0 Å². The minimum Gasteiger partial charge on any atom is -0.264 e. The fraction of sp³-hybridized carbons (Fsp3) is 0.476. The average Bonchev–Trinajstić information content (AvgIpc) is 3.13. The molecule has 1 aromatic carbocycles. The summed E-state index contributed by atoms with van der Waals surface area (Å²) in [5.41, 5.74) is 6.84. The molecule has 114 valence electrons. The molecule has 0 saturated heterocycles. The van der Waals surface area contributed by atoms with Gasteiger partial charge in [-0.25, -0.2) is 0 Å². The van der Waals surface area contributed by atoms with Crippen LogP contribution in [-0.4, -0.2) is 4.98 Å². The van der Waals surface area contributed by atoms with E-state index in [0.29, 0.717) is 5.41 Å². The average molecular weight is 320 g/mol. The number of pyridine rings is 1. The zero-order valence-corrected chi connectivity index (χ0v) is 13.7. The number of nitrogens with zero attached hydrogens (tertiary/aromatic N) is 1. The molecule has 4 saturated carbocycles. The predicted molar refractivity (Wildman–Crippen MR) is 90.3 cm³/mol. The van der Waals surface area contributed by atoms with Gasteiger partial charge in [-0.2, -0.15) is 0 Å². The van der Waals surface area contributed by atoms with Crippen LogP contribution in [-0.2, 0) is 5.41 Å². The molecule has 2 bridgehead atoms. The van der Waals surface area contributed by atoms with E-state index in [1.54, 1.807) is 5.56 Å². The molecule has 0 radical (unpaired) electrons. The van der Waals surface area contributed by atoms with Gasteiger partial charge < -0.3 is 0 Å². The zero-order chi connectivity index (χ0) is 15.0. The smallest absolute Gasteiger partial charge is 0.0409 e. The highest BCUT2D eigenvalue weighted by Crippen LogP contribution is 2.87. The molecule has 0 N–H and O–H groups in total. The number of benzene rings is 1. The van der Waals surface area contributed by atoms with Crippen LogP contribution in [0.3, 0.4) is 0 Å². The third-order valence-electron chi connectivity index (χ3n) is 8.60. The molecule has 6 unspecified atom stereocenters. The Balaban J connectivity index is 1.59. The van der Waals surface area contributed by atoms with Crippen LogP contribution in [0, 0.1) is 29.1 Å². The van der Waals surface area contributed by atoms with Crippen LogP contribution in [0.4, 0.5) is 0 Å². The van der Waals surface area contributed by atoms with Crippen molar-refractivity contribution in [3.63, 3.8) is 0 Å². The molecule has 1 nitrogen and oxygen atoms in total. The summed E-state index contributed by atoms with van der Waals surface area (Å²) in [6.07, 6.45) is 9.98. The lowest BCUT2D eigenvalue weighted by Gasteiger charge is -2.70. The predicted octanol–water partition coefficient (Wildman–Crippen LogP) is 5.07. The molecule has 5 aliphatic carbocycles. The molecule has 1 aromatic heterocycles. The second-order valence-electron chi connectivity index (χ2n) is 8.65. The van der Waals surface area contributed by atoms with Crippen molar-refractivity contribution in [3.8, 4) is 11.1 Å². The third-order valence-corrected chi connectivity index (χ3v) is 8.84. The van der Waals surface area contributed by atoms with Gasteiger partial charge in [-0.1, -0.05) is 17.7 Å². The lowest BCUT2D eigenvalue weighted by atomic mass is 9.34. The van der Waals surface area contributed by atoms with Crippen molar-refractivity contribution < 1.29 is 0 Å². The Hall–Kier alpha value is -1.34. The molecule has 2 heteroatoms. The normalized spacial score (nSPS) is 46.1. The van der Waals surface area contributed by atoms with Crippen molar-refractivity contribution in [1.82, 2.24) is 4.98 Å². The van der Waals surface area contributed by atoms with Crippen molar-refractivity contribution in [2.45, 2.75) is 31.1 Å². The van der Waals surface area contributed by atoms with Crippen LogP contribution >= 0.6 is 11.6 Å². The van der Waals surface area contributed by atoms with Crippen LogP contribution in [0.25, 0.3) is 11.1 Å². The van der Waals surface area contributed by atoms with Crippen molar-refractivity contribution in [3.05, 3.63) is 52.8 Å². The first-order chi connectivity index (χ1) is 11.3. The summed E-state index contributed by atoms with van der Waals surface area (Å²) in [5.74, 6) is 3.76. The second-order valence-corrected chi connectivity index (χ2v) is 9.08. The lowest BCUT2D eigenvalue weighted by Crippen LogP contribution is -2.65. The van der Waals surface area contributed by atoms with Gasteiger partial charge in [0.2, 0.25) is 0 Å².